The van der Waals surface area contributed by atoms with Gasteiger partial charge in [0.05, 0.1) is 22.5 Å². The van der Waals surface area contributed by atoms with E-state index in [1.807, 2.05) is 13.0 Å². The number of aryl methyl sites for hydroxylation is 1. The summed E-state index contributed by atoms with van der Waals surface area (Å²) in [6, 6.07) is 8.16. The molecule has 12 heteroatoms. The van der Waals surface area contributed by atoms with E-state index in [9.17, 15) is 31.2 Å². The van der Waals surface area contributed by atoms with Crippen LogP contribution >= 0.6 is 11.6 Å². The molecule has 2 aromatic carbocycles. The number of halogens is 4. The highest BCUT2D eigenvalue weighted by molar-refractivity contribution is 7.92. The lowest BCUT2D eigenvalue weighted by atomic mass is 10.1. The van der Waals surface area contributed by atoms with Gasteiger partial charge in [0.2, 0.25) is 21.8 Å². The molecule has 0 aliphatic rings. The van der Waals surface area contributed by atoms with E-state index < -0.39 is 51.9 Å². The van der Waals surface area contributed by atoms with Crippen LogP contribution in [-0.2, 0) is 32.3 Å². The summed E-state index contributed by atoms with van der Waals surface area (Å²) in [7, 11) is -4.24. The maximum Gasteiger partial charge on any atom is 0.416 e. The molecule has 0 unspecified atom stereocenters. The summed E-state index contributed by atoms with van der Waals surface area (Å²) in [6.45, 7) is 5.94. The summed E-state index contributed by atoms with van der Waals surface area (Å²) in [6.07, 6.45) is -4.00. The molecule has 0 spiro atoms. The van der Waals surface area contributed by atoms with Crippen molar-refractivity contribution in [3.8, 4) is 0 Å². The van der Waals surface area contributed by atoms with Crippen LogP contribution in [-0.4, -0.2) is 50.0 Å². The Balaban J connectivity index is 2.52. The zero-order valence-electron chi connectivity index (χ0n) is 20.6. The summed E-state index contributed by atoms with van der Waals surface area (Å²) >= 11 is 6.07. The van der Waals surface area contributed by atoms with E-state index in [1.165, 1.54) is 11.8 Å². The number of carbonyl (C=O) groups is 2. The molecule has 2 aromatic rings. The first-order valence-electron chi connectivity index (χ1n) is 11.0. The summed E-state index contributed by atoms with van der Waals surface area (Å²) in [5.74, 6) is -1.25. The highest BCUT2D eigenvalue weighted by Gasteiger charge is 2.34. The molecule has 0 bridgehead atoms. The Labute approximate surface area is 214 Å². The fraction of sp³-hybridized carbons (Fsp3) is 0.417. The molecule has 0 aliphatic carbocycles. The van der Waals surface area contributed by atoms with Gasteiger partial charge in [-0.15, -0.1) is 0 Å². The first kappa shape index (κ1) is 29.4. The Morgan fingerprint density at radius 1 is 1.08 bits per heavy atom. The number of nitrogens with zero attached hydrogens (tertiary/aromatic N) is 2. The number of nitrogens with one attached hydrogen (secondary N) is 1. The summed E-state index contributed by atoms with van der Waals surface area (Å²) in [5, 5.41) is 2.44. The van der Waals surface area contributed by atoms with Crippen molar-refractivity contribution in [2.45, 2.75) is 52.5 Å². The molecule has 2 amide bonds. The van der Waals surface area contributed by atoms with Gasteiger partial charge in [-0.1, -0.05) is 35.9 Å². The van der Waals surface area contributed by atoms with E-state index in [1.54, 1.807) is 32.0 Å². The van der Waals surface area contributed by atoms with E-state index in [0.717, 1.165) is 29.5 Å². The Bertz CT molecular complexity index is 1220. The zero-order chi connectivity index (χ0) is 27.4. The van der Waals surface area contributed by atoms with Crippen molar-refractivity contribution < 1.29 is 31.2 Å². The molecule has 1 N–H and O–H groups in total. The summed E-state index contributed by atoms with van der Waals surface area (Å²) in [4.78, 5) is 27.4. The fourth-order valence-electron chi connectivity index (χ4n) is 3.43. The Morgan fingerprint density at radius 3 is 2.22 bits per heavy atom. The maximum absolute atomic E-state index is 13.5. The average Bonchev–Trinajstić information content (AvgIpc) is 2.74. The fourth-order valence-corrected chi connectivity index (χ4v) is 4.56. The number of alkyl halides is 3. The largest absolute Gasteiger partial charge is 0.416 e. The second kappa shape index (κ2) is 11.5. The Hall–Kier alpha value is -2.79. The number of hydrogen-bond donors (Lipinski definition) is 1. The van der Waals surface area contributed by atoms with Crippen molar-refractivity contribution in [2.75, 3.05) is 17.1 Å². The SMILES string of the molecule is Cc1ccccc1CN(C(=O)CN(c1cc(C(F)(F)F)ccc1Cl)S(C)(=O)=O)[C@H](C)C(=O)NC(C)C. The highest BCUT2D eigenvalue weighted by atomic mass is 35.5. The van der Waals surface area contributed by atoms with E-state index in [2.05, 4.69) is 5.32 Å². The van der Waals surface area contributed by atoms with Gasteiger partial charge in [0.25, 0.3) is 0 Å². The smallest absolute Gasteiger partial charge is 0.352 e. The molecule has 0 heterocycles. The standard InChI is InChI=1S/C24H29ClF3N3O4S/c1-15(2)29-23(33)17(4)30(13-18-9-7-6-8-16(18)3)22(32)14-31(36(5,34)35)21-12-19(24(26,27)28)10-11-20(21)25/h6-12,15,17H,13-14H2,1-5H3,(H,29,33)/t17-/m1/s1. The zero-order valence-corrected chi connectivity index (χ0v) is 22.1. The number of carbonyl (C=O) groups excluding carboxylic acids is 2. The number of amides is 2. The van der Waals surface area contributed by atoms with Crippen LogP contribution in [0.25, 0.3) is 0 Å². The van der Waals surface area contributed by atoms with E-state index in [0.29, 0.717) is 10.4 Å². The van der Waals surface area contributed by atoms with Crippen molar-refractivity contribution in [3.63, 3.8) is 0 Å². The molecular weight excluding hydrogens is 519 g/mol. The summed E-state index contributed by atoms with van der Waals surface area (Å²) < 4.78 is 65.6. The molecular formula is C24H29ClF3N3O4S. The highest BCUT2D eigenvalue weighted by Crippen LogP contribution is 2.36. The second-order valence-electron chi connectivity index (χ2n) is 8.72. The van der Waals surface area contributed by atoms with Crippen molar-refractivity contribution in [1.29, 1.82) is 0 Å². The average molecular weight is 548 g/mol. The number of benzene rings is 2. The predicted molar refractivity (Wildman–Crippen MR) is 133 cm³/mol. The van der Waals surface area contributed by atoms with Gasteiger partial charge in [0.15, 0.2) is 0 Å². The normalized spacial score (nSPS) is 12.8. The van der Waals surface area contributed by atoms with E-state index in [-0.39, 0.29) is 17.6 Å². The van der Waals surface area contributed by atoms with Crippen molar-refractivity contribution in [3.05, 3.63) is 64.2 Å². The third-order valence-corrected chi connectivity index (χ3v) is 6.87. The van der Waals surface area contributed by atoms with Crippen LogP contribution in [0.5, 0.6) is 0 Å². The van der Waals surface area contributed by atoms with Gasteiger partial charge in [-0.2, -0.15) is 13.2 Å². The molecule has 0 fully saturated rings. The van der Waals surface area contributed by atoms with Crippen molar-refractivity contribution >= 4 is 39.1 Å². The predicted octanol–water partition coefficient (Wildman–Crippen LogP) is 4.38. The number of sulfonamides is 1. The van der Waals surface area contributed by atoms with Crippen LogP contribution in [0.2, 0.25) is 5.02 Å². The van der Waals surface area contributed by atoms with Crippen LogP contribution in [0.15, 0.2) is 42.5 Å². The summed E-state index contributed by atoms with van der Waals surface area (Å²) in [5.41, 5.74) is -0.0485. The number of anilines is 1. The third kappa shape index (κ3) is 7.60. The first-order valence-corrected chi connectivity index (χ1v) is 13.2. The third-order valence-electron chi connectivity index (χ3n) is 5.42. The minimum atomic E-state index is -4.76. The van der Waals surface area contributed by atoms with Gasteiger partial charge in [-0.3, -0.25) is 13.9 Å². The Kier molecular flexibility index (Phi) is 9.41. The van der Waals surface area contributed by atoms with Gasteiger partial charge >= 0.3 is 6.18 Å². The van der Waals surface area contributed by atoms with Crippen molar-refractivity contribution in [2.24, 2.45) is 0 Å². The molecule has 198 valence electrons. The lowest BCUT2D eigenvalue weighted by Gasteiger charge is -2.32. The van der Waals surface area contributed by atoms with Crippen molar-refractivity contribution in [1.82, 2.24) is 10.2 Å². The van der Waals surface area contributed by atoms with Gasteiger partial charge in [-0.05, 0) is 57.0 Å². The molecule has 7 nitrogen and oxygen atoms in total. The topological polar surface area (TPSA) is 86.8 Å². The van der Waals surface area contributed by atoms with Gasteiger partial charge in [0, 0.05) is 12.6 Å². The first-order chi connectivity index (χ1) is 16.5. The molecule has 0 saturated heterocycles. The van der Waals surface area contributed by atoms with Crippen LogP contribution < -0.4 is 9.62 Å². The minimum Gasteiger partial charge on any atom is -0.352 e. The van der Waals surface area contributed by atoms with Crippen LogP contribution in [0, 0.1) is 6.92 Å². The molecule has 36 heavy (non-hydrogen) atoms. The molecule has 0 saturated carbocycles. The molecule has 0 aliphatic heterocycles. The van der Waals surface area contributed by atoms with Gasteiger partial charge in [-0.25, -0.2) is 8.42 Å². The van der Waals surface area contributed by atoms with Crippen LogP contribution in [0.1, 0.15) is 37.5 Å². The molecule has 0 aromatic heterocycles. The van der Waals surface area contributed by atoms with Crippen LogP contribution in [0.3, 0.4) is 0 Å². The lowest BCUT2D eigenvalue weighted by molar-refractivity contribution is -0.139. The maximum atomic E-state index is 13.5. The molecule has 0 radical (unpaired) electrons. The monoisotopic (exact) mass is 547 g/mol. The second-order valence-corrected chi connectivity index (χ2v) is 11.0. The minimum absolute atomic E-state index is 0.0217. The van der Waals surface area contributed by atoms with Gasteiger partial charge < -0.3 is 10.2 Å². The lowest BCUT2D eigenvalue weighted by Crippen LogP contribution is -2.52. The van der Waals surface area contributed by atoms with Crippen LogP contribution in [0.4, 0.5) is 18.9 Å². The number of rotatable bonds is 9. The molecule has 1 atom stereocenters. The Morgan fingerprint density at radius 2 is 1.69 bits per heavy atom. The number of hydrogen-bond acceptors (Lipinski definition) is 4. The quantitative estimate of drug-likeness (QED) is 0.505. The van der Waals surface area contributed by atoms with E-state index in [4.69, 9.17) is 11.6 Å². The van der Waals surface area contributed by atoms with E-state index >= 15 is 0 Å². The van der Waals surface area contributed by atoms with Gasteiger partial charge in [0.1, 0.15) is 12.6 Å². The molecule has 2 rings (SSSR count).